The first-order chi connectivity index (χ1) is 15.1. The Kier molecular flexibility index (Phi) is 4.89. The van der Waals surface area contributed by atoms with Gasteiger partial charge in [-0.1, -0.05) is 54.6 Å². The molecule has 2 aliphatic rings. The summed E-state index contributed by atoms with van der Waals surface area (Å²) in [5.41, 5.74) is 5.27. The van der Waals surface area contributed by atoms with Crippen molar-refractivity contribution in [1.82, 2.24) is 4.98 Å². The van der Waals surface area contributed by atoms with Crippen molar-refractivity contribution < 1.29 is 14.6 Å². The van der Waals surface area contributed by atoms with Crippen LogP contribution < -0.4 is 9.64 Å². The van der Waals surface area contributed by atoms with E-state index in [9.17, 15) is 15.2 Å². The van der Waals surface area contributed by atoms with E-state index in [1.807, 2.05) is 54.6 Å². The minimum absolute atomic E-state index is 0.0492. The van der Waals surface area contributed by atoms with E-state index >= 15 is 0 Å². The van der Waals surface area contributed by atoms with E-state index in [0.717, 1.165) is 35.2 Å². The van der Waals surface area contributed by atoms with Crippen molar-refractivity contribution in [3.05, 3.63) is 66.2 Å². The Morgan fingerprint density at radius 1 is 1.10 bits per heavy atom. The molecular formula is C25H21N3O3. The first-order valence-electron chi connectivity index (χ1n) is 10.3. The number of hydrogen-bond acceptors (Lipinski definition) is 5. The van der Waals surface area contributed by atoms with E-state index in [2.05, 4.69) is 12.1 Å². The van der Waals surface area contributed by atoms with Crippen LogP contribution in [0, 0.1) is 11.3 Å². The molecule has 1 amide bonds. The van der Waals surface area contributed by atoms with Crippen molar-refractivity contribution in [1.29, 1.82) is 5.26 Å². The minimum atomic E-state index is -0.255. The van der Waals surface area contributed by atoms with Gasteiger partial charge in [0, 0.05) is 11.1 Å². The fourth-order valence-corrected chi connectivity index (χ4v) is 4.20. The molecule has 31 heavy (non-hydrogen) atoms. The topological polar surface area (TPSA) is 86.5 Å². The average molecular weight is 411 g/mol. The van der Waals surface area contributed by atoms with Crippen LogP contribution >= 0.6 is 0 Å². The third kappa shape index (κ3) is 3.54. The van der Waals surface area contributed by atoms with Crippen molar-refractivity contribution in [3.63, 3.8) is 0 Å². The Bertz CT molecular complexity index is 1160. The summed E-state index contributed by atoms with van der Waals surface area (Å²) in [6.07, 6.45) is 1.43. The Morgan fingerprint density at radius 2 is 1.84 bits per heavy atom. The molecule has 1 saturated carbocycles. The summed E-state index contributed by atoms with van der Waals surface area (Å²) in [5.74, 6) is 0.508. The predicted octanol–water partition coefficient (Wildman–Crippen LogP) is 3.90. The first-order valence-corrected chi connectivity index (χ1v) is 10.3. The lowest BCUT2D eigenvalue weighted by Crippen LogP contribution is -2.39. The van der Waals surface area contributed by atoms with Gasteiger partial charge in [-0.3, -0.25) is 9.69 Å². The number of benzene rings is 2. The molecule has 6 heteroatoms. The van der Waals surface area contributed by atoms with Crippen molar-refractivity contribution >= 4 is 11.6 Å². The molecule has 1 aliphatic carbocycles. The zero-order chi connectivity index (χ0) is 21.4. The van der Waals surface area contributed by atoms with E-state index in [1.165, 1.54) is 10.5 Å². The van der Waals surface area contributed by atoms with Crippen LogP contribution in [-0.2, 0) is 4.79 Å². The highest BCUT2D eigenvalue weighted by Gasteiger charge is 2.30. The second-order valence-electron chi connectivity index (χ2n) is 7.95. The van der Waals surface area contributed by atoms with Gasteiger partial charge < -0.3 is 9.84 Å². The average Bonchev–Trinajstić information content (AvgIpc) is 2.79. The maximum atomic E-state index is 12.3. The molecule has 1 aliphatic heterocycles. The van der Waals surface area contributed by atoms with Gasteiger partial charge in [0.1, 0.15) is 12.2 Å². The molecule has 3 aromatic rings. The number of aromatic nitrogens is 1. The van der Waals surface area contributed by atoms with Gasteiger partial charge in [0.25, 0.3) is 5.91 Å². The summed E-state index contributed by atoms with van der Waals surface area (Å²) in [6, 6.07) is 22.1. The second kappa shape index (κ2) is 7.86. The summed E-state index contributed by atoms with van der Waals surface area (Å²) >= 11 is 0. The Morgan fingerprint density at radius 3 is 2.52 bits per heavy atom. The molecule has 1 N–H and O–H groups in total. The van der Waals surface area contributed by atoms with Crippen LogP contribution in [0.2, 0.25) is 0 Å². The summed E-state index contributed by atoms with van der Waals surface area (Å²) in [4.78, 5) is 18.5. The molecule has 0 unspecified atom stereocenters. The third-order valence-corrected chi connectivity index (χ3v) is 5.98. The number of carbonyl (C=O) groups excluding carboxylic acids is 1. The van der Waals surface area contributed by atoms with E-state index in [-0.39, 0.29) is 25.2 Å². The molecule has 0 saturated heterocycles. The number of fused-ring (bicyclic) bond motifs is 1. The number of rotatable bonds is 4. The van der Waals surface area contributed by atoms with E-state index < -0.39 is 0 Å². The van der Waals surface area contributed by atoms with Gasteiger partial charge in [-0.15, -0.1) is 0 Å². The van der Waals surface area contributed by atoms with E-state index in [0.29, 0.717) is 17.5 Å². The van der Waals surface area contributed by atoms with Crippen LogP contribution in [-0.4, -0.2) is 35.3 Å². The summed E-state index contributed by atoms with van der Waals surface area (Å²) < 4.78 is 5.63. The lowest BCUT2D eigenvalue weighted by atomic mass is 9.77. The van der Waals surface area contributed by atoms with Gasteiger partial charge in [0.15, 0.2) is 6.61 Å². The van der Waals surface area contributed by atoms with Crippen LogP contribution in [0.25, 0.3) is 22.4 Å². The molecule has 5 rings (SSSR count). The summed E-state index contributed by atoms with van der Waals surface area (Å²) in [7, 11) is 0. The van der Waals surface area contributed by atoms with Crippen LogP contribution in [0.5, 0.6) is 5.88 Å². The van der Waals surface area contributed by atoms with Crippen LogP contribution in [0.1, 0.15) is 24.3 Å². The minimum Gasteiger partial charge on any atom is -0.466 e. The zero-order valence-electron chi connectivity index (χ0n) is 16.9. The van der Waals surface area contributed by atoms with Crippen LogP contribution in [0.3, 0.4) is 0 Å². The number of pyridine rings is 1. The number of nitriles is 1. The maximum absolute atomic E-state index is 12.3. The summed E-state index contributed by atoms with van der Waals surface area (Å²) in [5, 5.41) is 18.8. The van der Waals surface area contributed by atoms with Crippen molar-refractivity contribution in [2.75, 3.05) is 18.1 Å². The van der Waals surface area contributed by atoms with Gasteiger partial charge in [-0.25, -0.2) is 4.98 Å². The van der Waals surface area contributed by atoms with Crippen LogP contribution in [0.15, 0.2) is 60.7 Å². The number of hydrogen-bond donors (Lipinski definition) is 1. The molecule has 1 aromatic heterocycles. The monoisotopic (exact) mass is 411 g/mol. The number of anilines is 1. The quantitative estimate of drug-likeness (QED) is 0.658. The molecule has 0 bridgehead atoms. The lowest BCUT2D eigenvalue weighted by molar-refractivity contribution is -0.121. The van der Waals surface area contributed by atoms with Gasteiger partial charge in [-0.05, 0) is 36.0 Å². The fourth-order valence-electron chi connectivity index (χ4n) is 4.20. The highest BCUT2D eigenvalue weighted by Crippen LogP contribution is 2.41. The number of amides is 1. The normalized spacial score (nSPS) is 19.7. The number of ether oxygens (including phenoxy) is 1. The zero-order valence-corrected chi connectivity index (χ0v) is 16.9. The molecule has 0 radical (unpaired) electrons. The third-order valence-electron chi connectivity index (χ3n) is 5.98. The van der Waals surface area contributed by atoms with Crippen molar-refractivity contribution in [2.45, 2.75) is 24.9 Å². The fraction of sp³-hybridized carbons (Fsp3) is 0.240. The number of aliphatic hydroxyl groups is 1. The molecule has 0 atom stereocenters. The number of carbonyl (C=O) groups is 1. The lowest BCUT2D eigenvalue weighted by Gasteiger charge is -2.31. The predicted molar refractivity (Wildman–Crippen MR) is 117 cm³/mol. The molecule has 0 spiro atoms. The smallest absolute Gasteiger partial charge is 0.266 e. The Balaban J connectivity index is 1.61. The molecule has 2 aromatic carbocycles. The molecule has 154 valence electrons. The van der Waals surface area contributed by atoms with Crippen molar-refractivity contribution in [3.8, 4) is 34.3 Å². The van der Waals surface area contributed by atoms with Gasteiger partial charge >= 0.3 is 0 Å². The van der Waals surface area contributed by atoms with Gasteiger partial charge in [0.2, 0.25) is 5.88 Å². The van der Waals surface area contributed by atoms with Crippen LogP contribution in [0.4, 0.5) is 5.69 Å². The molecular weight excluding hydrogens is 390 g/mol. The van der Waals surface area contributed by atoms with E-state index in [1.54, 1.807) is 0 Å². The van der Waals surface area contributed by atoms with E-state index in [4.69, 9.17) is 9.72 Å². The summed E-state index contributed by atoms with van der Waals surface area (Å²) in [6.45, 7) is -0.179. The molecule has 2 heterocycles. The van der Waals surface area contributed by atoms with Gasteiger partial charge in [0.05, 0.1) is 17.9 Å². The number of nitrogens with zero attached hydrogens (tertiary/aromatic N) is 3. The largest absolute Gasteiger partial charge is 0.466 e. The highest BCUT2D eigenvalue weighted by atomic mass is 16.5. The highest BCUT2D eigenvalue weighted by molar-refractivity contribution is 5.99. The SMILES string of the molecule is N#CCN1C(=O)COc2nc(-c3ccc([C@H]4C[C@H](O)C4)cc3)c(-c3ccccc3)cc21. The number of aliphatic hydroxyl groups excluding tert-OH is 1. The standard InChI is InChI=1S/C25H21N3O3/c26-10-11-28-22-14-21(17-4-2-1-3-5-17)24(27-25(22)31-15-23(28)30)18-8-6-16(7-9-18)19-12-20(29)13-19/h1-9,14,19-20,29H,11-13,15H2/t19-,20-. The second-order valence-corrected chi connectivity index (χ2v) is 7.95. The Labute approximate surface area is 180 Å². The van der Waals surface area contributed by atoms with Gasteiger partial charge in [-0.2, -0.15) is 5.26 Å². The Hall–Kier alpha value is -3.69. The molecule has 6 nitrogen and oxygen atoms in total. The molecule has 1 fully saturated rings. The van der Waals surface area contributed by atoms with Crippen molar-refractivity contribution in [2.24, 2.45) is 0 Å². The first kappa shape index (κ1) is 19.3. The maximum Gasteiger partial charge on any atom is 0.266 e.